The van der Waals surface area contributed by atoms with Crippen molar-refractivity contribution in [3.8, 4) is 0 Å². The summed E-state index contributed by atoms with van der Waals surface area (Å²) in [6.07, 6.45) is 1.19. The lowest BCUT2D eigenvalue weighted by Crippen LogP contribution is -2.68. The van der Waals surface area contributed by atoms with Gasteiger partial charge in [-0.3, -0.25) is 14.5 Å². The van der Waals surface area contributed by atoms with Crippen LogP contribution in [0.5, 0.6) is 0 Å². The summed E-state index contributed by atoms with van der Waals surface area (Å²) in [6.45, 7) is 0. The molecule has 4 heterocycles. The normalized spacial score (nSPS) is 19.0. The van der Waals surface area contributed by atoms with Crippen LogP contribution in [-0.2, 0) is 14.3 Å². The number of carbonyl (C=O) groups is 2. The van der Waals surface area contributed by atoms with Crippen molar-refractivity contribution in [1.82, 2.24) is 4.90 Å². The summed E-state index contributed by atoms with van der Waals surface area (Å²) in [4.78, 5) is 40.5. The molecular formula is C29H22N2O4S4. The van der Waals surface area contributed by atoms with E-state index in [2.05, 4.69) is 0 Å². The summed E-state index contributed by atoms with van der Waals surface area (Å²) in [7, 11) is 0. The minimum atomic E-state index is -0.647. The molecule has 1 saturated heterocycles. The molecule has 1 fully saturated rings. The number of thioether (sulfide) groups is 2. The van der Waals surface area contributed by atoms with Crippen LogP contribution in [0.15, 0.2) is 110 Å². The zero-order chi connectivity index (χ0) is 26.9. The van der Waals surface area contributed by atoms with Crippen LogP contribution in [-0.4, -0.2) is 33.9 Å². The van der Waals surface area contributed by atoms with Gasteiger partial charge in [0.15, 0.2) is 11.5 Å². The molecule has 0 unspecified atom stereocenters. The first-order chi connectivity index (χ1) is 19.0. The fourth-order valence-corrected chi connectivity index (χ4v) is 8.72. The highest BCUT2D eigenvalue weighted by atomic mass is 32.2. The SMILES string of the molecule is N[C@@H]1C(=O)N2C(C(=O)OC(c3ccccc3)c3ccccc3)=C(/C=C/Sc3cc(=O)c4sccc4s3)CS[C@H]12. The second kappa shape index (κ2) is 11.1. The van der Waals surface area contributed by atoms with Crippen molar-refractivity contribution in [2.24, 2.45) is 5.73 Å². The maximum Gasteiger partial charge on any atom is 0.356 e. The Bertz CT molecular complexity index is 1620. The molecular weight excluding hydrogens is 569 g/mol. The summed E-state index contributed by atoms with van der Waals surface area (Å²) < 4.78 is 8.69. The lowest BCUT2D eigenvalue weighted by molar-refractivity contribution is -0.153. The van der Waals surface area contributed by atoms with E-state index < -0.39 is 18.1 Å². The quantitative estimate of drug-likeness (QED) is 0.166. The van der Waals surface area contributed by atoms with Crippen molar-refractivity contribution in [1.29, 1.82) is 0 Å². The van der Waals surface area contributed by atoms with Gasteiger partial charge in [0.2, 0.25) is 5.91 Å². The highest BCUT2D eigenvalue weighted by molar-refractivity contribution is 8.04. The van der Waals surface area contributed by atoms with Gasteiger partial charge in [-0.1, -0.05) is 72.4 Å². The van der Waals surface area contributed by atoms with E-state index >= 15 is 0 Å². The number of allylic oxidation sites excluding steroid dienone is 1. The molecule has 10 heteroatoms. The average Bonchev–Trinajstić information content (AvgIpc) is 3.45. The zero-order valence-corrected chi connectivity index (χ0v) is 23.7. The largest absolute Gasteiger partial charge is 0.448 e. The lowest BCUT2D eigenvalue weighted by Gasteiger charge is -2.48. The van der Waals surface area contributed by atoms with Gasteiger partial charge < -0.3 is 10.5 Å². The monoisotopic (exact) mass is 590 g/mol. The fraction of sp³-hybridized carbons (Fsp3) is 0.138. The summed E-state index contributed by atoms with van der Waals surface area (Å²) in [5, 5.41) is 3.46. The van der Waals surface area contributed by atoms with Gasteiger partial charge >= 0.3 is 5.97 Å². The highest BCUT2D eigenvalue weighted by Gasteiger charge is 2.52. The van der Waals surface area contributed by atoms with E-state index in [4.69, 9.17) is 10.5 Å². The number of hydrogen-bond acceptors (Lipinski definition) is 9. The van der Waals surface area contributed by atoms with Gasteiger partial charge in [-0.2, -0.15) is 0 Å². The number of nitrogens with zero attached hydrogens (tertiary/aromatic N) is 1. The maximum atomic E-state index is 13.8. The third-order valence-electron chi connectivity index (χ3n) is 6.43. The Morgan fingerprint density at radius 3 is 2.44 bits per heavy atom. The number of rotatable bonds is 7. The fourth-order valence-electron chi connectivity index (χ4n) is 4.51. The summed E-state index contributed by atoms with van der Waals surface area (Å²) in [5.74, 6) is -0.368. The molecule has 0 bridgehead atoms. The molecule has 0 saturated carbocycles. The van der Waals surface area contributed by atoms with Gasteiger partial charge in [0, 0.05) is 11.8 Å². The Kier molecular flexibility index (Phi) is 7.46. The number of carbonyl (C=O) groups excluding carboxylic acids is 2. The molecule has 2 N–H and O–H groups in total. The van der Waals surface area contributed by atoms with Crippen molar-refractivity contribution < 1.29 is 14.3 Å². The zero-order valence-electron chi connectivity index (χ0n) is 20.4. The number of hydrogen-bond donors (Lipinski definition) is 1. The molecule has 39 heavy (non-hydrogen) atoms. The third-order valence-corrected chi connectivity index (χ3v) is 10.8. The maximum absolute atomic E-state index is 13.8. The van der Waals surface area contributed by atoms with E-state index in [9.17, 15) is 14.4 Å². The van der Waals surface area contributed by atoms with E-state index in [-0.39, 0.29) is 22.4 Å². The Morgan fingerprint density at radius 2 is 1.74 bits per heavy atom. The molecule has 2 aromatic carbocycles. The lowest BCUT2D eigenvalue weighted by atomic mass is 10.0. The highest BCUT2D eigenvalue weighted by Crippen LogP contribution is 2.41. The van der Waals surface area contributed by atoms with Crippen LogP contribution in [0.4, 0.5) is 0 Å². The molecule has 0 spiro atoms. The van der Waals surface area contributed by atoms with E-state index in [1.165, 1.54) is 39.8 Å². The Balaban J connectivity index is 1.32. The number of thiophene rings is 1. The number of esters is 1. The number of nitrogens with two attached hydrogens (primary N) is 1. The van der Waals surface area contributed by atoms with Crippen molar-refractivity contribution in [2.45, 2.75) is 21.7 Å². The molecule has 0 aliphatic carbocycles. The van der Waals surface area contributed by atoms with Gasteiger partial charge in [-0.05, 0) is 39.6 Å². The molecule has 0 radical (unpaired) electrons. The number of amides is 1. The van der Waals surface area contributed by atoms with Crippen molar-refractivity contribution in [3.63, 3.8) is 0 Å². The Labute approximate surface area is 241 Å². The van der Waals surface area contributed by atoms with Crippen LogP contribution in [0, 0.1) is 0 Å². The standard InChI is InChI=1S/C29H22N2O4S4/c30-23-27(33)31-24(29(34)35-25(17-7-3-1-4-8-17)18-9-5-2-6-10-18)19(16-38-28(23)31)11-13-36-22-15-20(32)26-21(39-22)12-14-37-26/h1-15,23,25,28H,16,30H2/b13-11+/t23-,28-/m1/s1. The Hall–Kier alpha value is -3.15. The second-order valence-corrected chi connectivity index (χ2v) is 13.2. The van der Waals surface area contributed by atoms with Crippen LogP contribution in [0.25, 0.3) is 9.40 Å². The van der Waals surface area contributed by atoms with Gasteiger partial charge in [-0.15, -0.1) is 34.4 Å². The topological polar surface area (TPSA) is 89.7 Å². The molecule has 196 valence electrons. The van der Waals surface area contributed by atoms with Crippen molar-refractivity contribution >= 4 is 67.5 Å². The molecule has 2 aliphatic heterocycles. The average molecular weight is 591 g/mol. The van der Waals surface area contributed by atoms with Crippen molar-refractivity contribution in [3.05, 3.63) is 122 Å². The van der Waals surface area contributed by atoms with Crippen LogP contribution in [0.3, 0.4) is 0 Å². The minimum absolute atomic E-state index is 0.00206. The van der Waals surface area contributed by atoms with E-state index in [1.54, 1.807) is 17.4 Å². The molecule has 2 aromatic heterocycles. The summed E-state index contributed by atoms with van der Waals surface area (Å²) in [6, 6.07) is 22.0. The molecule has 2 atom stereocenters. The van der Waals surface area contributed by atoms with Crippen LogP contribution < -0.4 is 11.2 Å². The molecule has 1 amide bonds. The molecule has 6 rings (SSSR count). The van der Waals surface area contributed by atoms with Gasteiger partial charge in [0.05, 0.1) is 13.6 Å². The first kappa shape index (κ1) is 26.1. The first-order valence-electron chi connectivity index (χ1n) is 12.1. The second-order valence-electron chi connectivity index (χ2n) is 8.88. The van der Waals surface area contributed by atoms with Gasteiger partial charge in [-0.25, -0.2) is 4.79 Å². The smallest absolute Gasteiger partial charge is 0.356 e. The third kappa shape index (κ3) is 5.10. The van der Waals surface area contributed by atoms with Crippen molar-refractivity contribution in [2.75, 3.05) is 5.75 Å². The predicted molar refractivity (Wildman–Crippen MR) is 160 cm³/mol. The number of β-lactam (4-membered cyclic amide) rings is 1. The first-order valence-corrected chi connectivity index (χ1v) is 15.7. The Morgan fingerprint density at radius 1 is 1.05 bits per heavy atom. The van der Waals surface area contributed by atoms with Crippen LogP contribution in [0.1, 0.15) is 17.2 Å². The molecule has 2 aliphatic rings. The van der Waals surface area contributed by atoms with Gasteiger partial charge in [0.1, 0.15) is 17.1 Å². The minimum Gasteiger partial charge on any atom is -0.448 e. The van der Waals surface area contributed by atoms with E-state index in [0.717, 1.165) is 24.7 Å². The summed E-state index contributed by atoms with van der Waals surface area (Å²) >= 11 is 5.92. The van der Waals surface area contributed by atoms with E-state index in [0.29, 0.717) is 11.3 Å². The number of benzene rings is 2. The number of ether oxygens (including phenoxy) is 1. The molecule has 6 nitrogen and oxygen atoms in total. The number of fused-ring (bicyclic) bond motifs is 2. The van der Waals surface area contributed by atoms with Crippen LogP contribution in [0.2, 0.25) is 0 Å². The predicted octanol–water partition coefficient (Wildman–Crippen LogP) is 5.76. The molecule has 4 aromatic rings. The summed E-state index contributed by atoms with van der Waals surface area (Å²) in [5.41, 5.74) is 8.62. The van der Waals surface area contributed by atoms with Gasteiger partial charge in [0.25, 0.3) is 0 Å². The van der Waals surface area contributed by atoms with Crippen LogP contribution >= 0.6 is 46.2 Å². The van der Waals surface area contributed by atoms with E-state index in [1.807, 2.05) is 83.6 Å².